The number of thiazole rings is 1. The van der Waals surface area contributed by atoms with Crippen LogP contribution < -0.4 is 4.90 Å². The van der Waals surface area contributed by atoms with Crippen molar-refractivity contribution < 1.29 is 9.53 Å². The molecule has 0 N–H and O–H groups in total. The summed E-state index contributed by atoms with van der Waals surface area (Å²) in [5.74, 6) is 2.57. The summed E-state index contributed by atoms with van der Waals surface area (Å²) in [6.45, 7) is 3.48. The molecular formula is C24H29ClN2O2S. The van der Waals surface area contributed by atoms with E-state index in [2.05, 4.69) is 0 Å². The van der Waals surface area contributed by atoms with E-state index >= 15 is 0 Å². The number of ether oxygens (including phenoxy) is 1. The van der Waals surface area contributed by atoms with E-state index in [1.54, 1.807) is 11.3 Å². The summed E-state index contributed by atoms with van der Waals surface area (Å²) >= 11 is 7.91. The SMILES string of the molecule is Cc1cc(Cl)cc2sc(N(CC3CCCO3)C(=O)C34CC5CC(CC(C5)C3)C4)nc12. The average molecular weight is 445 g/mol. The van der Waals surface area contributed by atoms with Crippen LogP contribution in [0.25, 0.3) is 10.2 Å². The molecule has 2 aromatic rings. The Kier molecular flexibility index (Phi) is 4.67. The number of fused-ring (bicyclic) bond motifs is 1. The number of hydrogen-bond donors (Lipinski definition) is 0. The van der Waals surface area contributed by atoms with Gasteiger partial charge in [0.25, 0.3) is 0 Å². The number of anilines is 1. The van der Waals surface area contributed by atoms with Crippen molar-refractivity contribution in [2.75, 3.05) is 18.1 Å². The fourth-order valence-electron chi connectivity index (χ4n) is 7.16. The van der Waals surface area contributed by atoms with Crippen molar-refractivity contribution in [1.29, 1.82) is 0 Å². The highest BCUT2D eigenvalue weighted by Crippen LogP contribution is 2.60. The Balaban J connectivity index is 1.39. The van der Waals surface area contributed by atoms with Crippen molar-refractivity contribution in [3.05, 3.63) is 22.7 Å². The van der Waals surface area contributed by atoms with Gasteiger partial charge in [0.05, 0.1) is 28.3 Å². The normalized spacial score (nSPS) is 34.7. The number of carbonyl (C=O) groups excluding carboxylic acids is 1. The number of aryl methyl sites for hydroxylation is 1. The second kappa shape index (κ2) is 7.18. The van der Waals surface area contributed by atoms with E-state index < -0.39 is 0 Å². The Morgan fingerprint density at radius 1 is 1.23 bits per heavy atom. The molecule has 0 spiro atoms. The summed E-state index contributed by atoms with van der Waals surface area (Å²) < 4.78 is 7.01. The average Bonchev–Trinajstić information content (AvgIpc) is 3.34. The summed E-state index contributed by atoms with van der Waals surface area (Å²) in [6, 6.07) is 3.93. The molecule has 0 radical (unpaired) electrons. The number of nitrogens with zero attached hydrogens (tertiary/aromatic N) is 2. The van der Waals surface area contributed by atoms with E-state index in [-0.39, 0.29) is 11.5 Å². The highest BCUT2D eigenvalue weighted by atomic mass is 35.5. The van der Waals surface area contributed by atoms with E-state index in [0.29, 0.717) is 12.5 Å². The van der Waals surface area contributed by atoms with Crippen molar-refractivity contribution in [1.82, 2.24) is 4.98 Å². The molecule has 1 aromatic carbocycles. The molecule has 4 nitrogen and oxygen atoms in total. The highest BCUT2D eigenvalue weighted by Gasteiger charge is 2.56. The lowest BCUT2D eigenvalue weighted by Crippen LogP contribution is -2.55. The van der Waals surface area contributed by atoms with E-state index in [1.165, 1.54) is 19.3 Å². The van der Waals surface area contributed by atoms with Crippen LogP contribution in [0.4, 0.5) is 5.13 Å². The number of rotatable bonds is 4. The molecule has 160 valence electrons. The van der Waals surface area contributed by atoms with Crippen molar-refractivity contribution >= 4 is 44.2 Å². The van der Waals surface area contributed by atoms with Crippen LogP contribution in [0.1, 0.15) is 56.9 Å². The van der Waals surface area contributed by atoms with Gasteiger partial charge in [0.1, 0.15) is 0 Å². The lowest BCUT2D eigenvalue weighted by molar-refractivity contribution is -0.143. The fourth-order valence-corrected chi connectivity index (χ4v) is 8.58. The van der Waals surface area contributed by atoms with Gasteiger partial charge in [-0.1, -0.05) is 22.9 Å². The first-order chi connectivity index (χ1) is 14.5. The zero-order valence-electron chi connectivity index (χ0n) is 17.5. The molecule has 6 heteroatoms. The number of halogens is 1. The smallest absolute Gasteiger partial charge is 0.235 e. The predicted molar refractivity (Wildman–Crippen MR) is 121 cm³/mol. The third-order valence-corrected chi connectivity index (χ3v) is 9.26. The van der Waals surface area contributed by atoms with Crippen molar-refractivity contribution in [3.63, 3.8) is 0 Å². The molecule has 30 heavy (non-hydrogen) atoms. The number of carbonyl (C=O) groups is 1. The fraction of sp³-hybridized carbons (Fsp3) is 0.667. The Morgan fingerprint density at radius 3 is 2.57 bits per heavy atom. The van der Waals surface area contributed by atoms with Crippen molar-refractivity contribution in [3.8, 4) is 0 Å². The van der Waals surface area contributed by atoms with E-state index in [1.807, 2.05) is 24.0 Å². The first-order valence-electron chi connectivity index (χ1n) is 11.5. The molecular weight excluding hydrogens is 416 g/mol. The minimum Gasteiger partial charge on any atom is -0.376 e. The van der Waals surface area contributed by atoms with Gasteiger partial charge < -0.3 is 4.74 Å². The van der Waals surface area contributed by atoms with Gasteiger partial charge >= 0.3 is 0 Å². The topological polar surface area (TPSA) is 42.4 Å². The number of aromatic nitrogens is 1. The van der Waals surface area contributed by atoms with Crippen LogP contribution in [-0.4, -0.2) is 30.1 Å². The number of hydrogen-bond acceptors (Lipinski definition) is 4. The third kappa shape index (κ3) is 3.20. The molecule has 1 aromatic heterocycles. The molecule has 1 aliphatic heterocycles. The molecule has 4 bridgehead atoms. The Labute approximate surface area is 186 Å². The minimum atomic E-state index is -0.169. The van der Waals surface area contributed by atoms with Gasteiger partial charge in [-0.25, -0.2) is 4.98 Å². The Morgan fingerprint density at radius 2 is 1.93 bits per heavy atom. The van der Waals surface area contributed by atoms with Crippen molar-refractivity contribution in [2.24, 2.45) is 23.2 Å². The summed E-state index contributed by atoms with van der Waals surface area (Å²) in [5, 5.41) is 1.56. The second-order valence-electron chi connectivity index (χ2n) is 10.3. The molecule has 1 atom stereocenters. The van der Waals surface area contributed by atoms with E-state index in [0.717, 1.165) is 82.4 Å². The quantitative estimate of drug-likeness (QED) is 0.581. The second-order valence-corrected chi connectivity index (χ2v) is 11.8. The summed E-state index contributed by atoms with van der Waals surface area (Å²) in [5.41, 5.74) is 1.87. The highest BCUT2D eigenvalue weighted by molar-refractivity contribution is 7.22. The van der Waals surface area contributed by atoms with Gasteiger partial charge in [-0.15, -0.1) is 0 Å². The van der Waals surface area contributed by atoms with Gasteiger partial charge in [-0.05, 0) is 93.7 Å². The number of amides is 1. The molecule has 1 amide bonds. The van der Waals surface area contributed by atoms with Gasteiger partial charge in [0, 0.05) is 11.6 Å². The Bertz CT molecular complexity index is 961. The van der Waals surface area contributed by atoms with E-state index in [4.69, 9.17) is 21.3 Å². The summed E-state index contributed by atoms with van der Waals surface area (Å²) in [6.07, 6.45) is 9.50. The van der Waals surface area contributed by atoms with Crippen molar-refractivity contribution in [2.45, 2.75) is 64.4 Å². The maximum absolute atomic E-state index is 14.2. The zero-order chi connectivity index (χ0) is 20.5. The largest absolute Gasteiger partial charge is 0.376 e. The van der Waals surface area contributed by atoms with Crippen LogP contribution in [0.2, 0.25) is 5.02 Å². The molecule has 5 fully saturated rings. The van der Waals surface area contributed by atoms with Crippen LogP contribution in [0.15, 0.2) is 12.1 Å². The van der Waals surface area contributed by atoms with Gasteiger partial charge in [-0.3, -0.25) is 9.69 Å². The molecule has 4 saturated carbocycles. The molecule has 1 unspecified atom stereocenters. The summed E-state index contributed by atoms with van der Waals surface area (Å²) in [7, 11) is 0. The third-order valence-electron chi connectivity index (χ3n) is 8.02. The van der Waals surface area contributed by atoms with Crippen LogP contribution in [0.5, 0.6) is 0 Å². The minimum absolute atomic E-state index is 0.125. The maximum Gasteiger partial charge on any atom is 0.235 e. The van der Waals surface area contributed by atoms with Crippen LogP contribution >= 0.6 is 22.9 Å². The van der Waals surface area contributed by atoms with Crippen LogP contribution in [-0.2, 0) is 9.53 Å². The molecule has 5 aliphatic rings. The molecule has 2 heterocycles. The van der Waals surface area contributed by atoms with Gasteiger partial charge in [-0.2, -0.15) is 0 Å². The number of benzene rings is 1. The summed E-state index contributed by atoms with van der Waals surface area (Å²) in [4.78, 5) is 21.2. The van der Waals surface area contributed by atoms with Crippen LogP contribution in [0.3, 0.4) is 0 Å². The molecule has 7 rings (SSSR count). The van der Waals surface area contributed by atoms with Gasteiger partial charge in [0.2, 0.25) is 5.91 Å². The maximum atomic E-state index is 14.2. The monoisotopic (exact) mass is 444 g/mol. The predicted octanol–water partition coefficient (Wildman–Crippen LogP) is 5.99. The zero-order valence-corrected chi connectivity index (χ0v) is 19.1. The lowest BCUT2D eigenvalue weighted by Gasteiger charge is -2.56. The first-order valence-corrected chi connectivity index (χ1v) is 12.7. The van der Waals surface area contributed by atoms with Gasteiger partial charge in [0.15, 0.2) is 5.13 Å². The first kappa shape index (κ1) is 19.5. The standard InChI is InChI=1S/C24H29ClN2O2S/c1-14-5-18(25)9-20-21(14)26-23(30-20)27(13-19-3-2-4-29-19)22(28)24-10-15-6-16(11-24)8-17(7-15)12-24/h5,9,15-17,19H,2-4,6-8,10-13H2,1H3. The molecule has 1 saturated heterocycles. The van der Waals surface area contributed by atoms with E-state index in [9.17, 15) is 4.79 Å². The molecule has 4 aliphatic carbocycles. The van der Waals surface area contributed by atoms with Crippen LogP contribution in [0, 0.1) is 30.1 Å². The lowest BCUT2D eigenvalue weighted by atomic mass is 9.49. The Hall–Kier alpha value is -1.17.